The van der Waals surface area contributed by atoms with E-state index in [-0.39, 0.29) is 6.61 Å². The van der Waals surface area contributed by atoms with Crippen LogP contribution in [0.5, 0.6) is 0 Å². The number of benzene rings is 2. The minimum Gasteiger partial charge on any atom is -0.465 e. The summed E-state index contributed by atoms with van der Waals surface area (Å²) in [6.07, 6.45) is 0.171. The SMILES string of the molecule is O=C(Nc1ccc2c(c1)CN(C(=O)O)CCC2)OCc1ccccc1. The zero-order chi connectivity index (χ0) is 17.6. The molecule has 1 aliphatic rings. The third-order valence-corrected chi connectivity index (χ3v) is 4.17. The Morgan fingerprint density at radius 2 is 1.92 bits per heavy atom. The maximum absolute atomic E-state index is 12.0. The van der Waals surface area contributed by atoms with Crippen molar-refractivity contribution in [2.24, 2.45) is 0 Å². The monoisotopic (exact) mass is 340 g/mol. The van der Waals surface area contributed by atoms with Crippen LogP contribution in [-0.2, 0) is 24.3 Å². The Morgan fingerprint density at radius 1 is 1.12 bits per heavy atom. The van der Waals surface area contributed by atoms with Gasteiger partial charge in [0.2, 0.25) is 0 Å². The van der Waals surface area contributed by atoms with Gasteiger partial charge < -0.3 is 14.7 Å². The van der Waals surface area contributed by atoms with Crippen molar-refractivity contribution in [1.29, 1.82) is 0 Å². The van der Waals surface area contributed by atoms with E-state index in [4.69, 9.17) is 4.74 Å². The van der Waals surface area contributed by atoms with Gasteiger partial charge in [-0.05, 0) is 41.7 Å². The fourth-order valence-electron chi connectivity index (χ4n) is 2.88. The lowest BCUT2D eigenvalue weighted by Gasteiger charge is -2.17. The van der Waals surface area contributed by atoms with Crippen LogP contribution in [0.4, 0.5) is 15.3 Å². The molecule has 3 rings (SSSR count). The predicted molar refractivity (Wildman–Crippen MR) is 93.4 cm³/mol. The van der Waals surface area contributed by atoms with E-state index in [1.54, 1.807) is 0 Å². The van der Waals surface area contributed by atoms with Gasteiger partial charge >= 0.3 is 12.2 Å². The number of carboxylic acid groups (broad SMARTS) is 1. The van der Waals surface area contributed by atoms with Gasteiger partial charge in [-0.3, -0.25) is 5.32 Å². The van der Waals surface area contributed by atoms with E-state index in [9.17, 15) is 14.7 Å². The number of hydrogen-bond acceptors (Lipinski definition) is 3. The number of hydrogen-bond donors (Lipinski definition) is 2. The molecule has 0 saturated heterocycles. The molecule has 0 unspecified atom stereocenters. The lowest BCUT2D eigenvalue weighted by Crippen LogP contribution is -2.28. The summed E-state index contributed by atoms with van der Waals surface area (Å²) in [7, 11) is 0. The second-order valence-electron chi connectivity index (χ2n) is 5.98. The molecule has 1 aliphatic heterocycles. The number of fused-ring (bicyclic) bond motifs is 1. The van der Waals surface area contributed by atoms with Crippen LogP contribution in [0.3, 0.4) is 0 Å². The predicted octanol–water partition coefficient (Wildman–Crippen LogP) is 3.86. The molecule has 0 aromatic heterocycles. The van der Waals surface area contributed by atoms with Gasteiger partial charge in [-0.25, -0.2) is 9.59 Å². The van der Waals surface area contributed by atoms with E-state index in [2.05, 4.69) is 5.32 Å². The van der Waals surface area contributed by atoms with E-state index in [0.29, 0.717) is 18.8 Å². The molecule has 2 amide bonds. The molecule has 130 valence electrons. The highest BCUT2D eigenvalue weighted by Gasteiger charge is 2.18. The average Bonchev–Trinajstić information content (AvgIpc) is 2.83. The molecular weight excluding hydrogens is 320 g/mol. The van der Waals surface area contributed by atoms with Crippen molar-refractivity contribution in [3.05, 3.63) is 65.2 Å². The molecule has 0 atom stereocenters. The first kappa shape index (κ1) is 16.8. The van der Waals surface area contributed by atoms with Gasteiger partial charge in [0.05, 0.1) is 0 Å². The minimum atomic E-state index is -0.923. The van der Waals surface area contributed by atoms with Gasteiger partial charge in [-0.2, -0.15) is 0 Å². The number of carbonyl (C=O) groups is 2. The quantitative estimate of drug-likeness (QED) is 0.889. The van der Waals surface area contributed by atoms with Crippen LogP contribution in [0.2, 0.25) is 0 Å². The third-order valence-electron chi connectivity index (χ3n) is 4.17. The van der Waals surface area contributed by atoms with E-state index < -0.39 is 12.2 Å². The summed E-state index contributed by atoms with van der Waals surface area (Å²) in [4.78, 5) is 24.6. The summed E-state index contributed by atoms with van der Waals surface area (Å²) >= 11 is 0. The van der Waals surface area contributed by atoms with Gasteiger partial charge in [0.1, 0.15) is 6.61 Å². The first-order valence-electron chi connectivity index (χ1n) is 8.19. The Hall–Kier alpha value is -3.02. The first-order chi connectivity index (χ1) is 12.1. The first-order valence-corrected chi connectivity index (χ1v) is 8.19. The maximum Gasteiger partial charge on any atom is 0.411 e. The summed E-state index contributed by atoms with van der Waals surface area (Å²) < 4.78 is 5.21. The number of amides is 2. The van der Waals surface area contributed by atoms with Gasteiger partial charge in [0.25, 0.3) is 0 Å². The molecule has 25 heavy (non-hydrogen) atoms. The van der Waals surface area contributed by atoms with Crippen LogP contribution in [0.15, 0.2) is 48.5 Å². The van der Waals surface area contributed by atoms with Crippen molar-refractivity contribution in [3.63, 3.8) is 0 Å². The zero-order valence-electron chi connectivity index (χ0n) is 13.8. The van der Waals surface area contributed by atoms with Gasteiger partial charge in [0.15, 0.2) is 0 Å². The Morgan fingerprint density at radius 3 is 2.68 bits per heavy atom. The molecule has 6 heteroatoms. The van der Waals surface area contributed by atoms with Gasteiger partial charge in [-0.1, -0.05) is 36.4 Å². The smallest absolute Gasteiger partial charge is 0.411 e. The minimum absolute atomic E-state index is 0.199. The molecule has 0 radical (unpaired) electrons. The fourth-order valence-corrected chi connectivity index (χ4v) is 2.88. The molecule has 0 bridgehead atoms. The van der Waals surface area contributed by atoms with Crippen molar-refractivity contribution in [3.8, 4) is 0 Å². The lowest BCUT2D eigenvalue weighted by atomic mass is 10.0. The van der Waals surface area contributed by atoms with Crippen LogP contribution >= 0.6 is 0 Å². The molecule has 0 fully saturated rings. The van der Waals surface area contributed by atoms with Crippen LogP contribution in [0, 0.1) is 0 Å². The molecule has 2 N–H and O–H groups in total. The number of ether oxygens (including phenoxy) is 1. The number of carbonyl (C=O) groups excluding carboxylic acids is 1. The molecule has 6 nitrogen and oxygen atoms in total. The van der Waals surface area contributed by atoms with Crippen LogP contribution in [0.25, 0.3) is 0 Å². The number of aryl methyl sites for hydroxylation is 1. The molecule has 0 spiro atoms. The van der Waals surface area contributed by atoms with Gasteiger partial charge in [0, 0.05) is 18.8 Å². The molecular formula is C19H20N2O4. The summed E-state index contributed by atoms with van der Waals surface area (Å²) in [5.74, 6) is 0. The zero-order valence-corrected chi connectivity index (χ0v) is 13.8. The molecule has 1 heterocycles. The van der Waals surface area contributed by atoms with Crippen LogP contribution < -0.4 is 5.32 Å². The van der Waals surface area contributed by atoms with Crippen molar-refractivity contribution in [2.45, 2.75) is 26.0 Å². The van der Waals surface area contributed by atoms with Crippen molar-refractivity contribution < 1.29 is 19.4 Å². The Kier molecular flexibility index (Phi) is 5.18. The molecule has 0 saturated carbocycles. The van der Waals surface area contributed by atoms with Crippen molar-refractivity contribution >= 4 is 17.9 Å². The highest BCUT2D eigenvalue weighted by molar-refractivity contribution is 5.84. The normalized spacial score (nSPS) is 13.5. The Bertz CT molecular complexity index is 761. The number of nitrogens with one attached hydrogen (secondary N) is 1. The third kappa shape index (κ3) is 4.50. The van der Waals surface area contributed by atoms with Gasteiger partial charge in [-0.15, -0.1) is 0 Å². The summed E-state index contributed by atoms with van der Waals surface area (Å²) in [5.41, 5.74) is 3.55. The Labute approximate surface area is 146 Å². The largest absolute Gasteiger partial charge is 0.465 e. The van der Waals surface area contributed by atoms with E-state index in [1.807, 2.05) is 48.5 Å². The second-order valence-corrected chi connectivity index (χ2v) is 5.98. The number of anilines is 1. The van der Waals surface area contributed by atoms with Crippen LogP contribution in [-0.4, -0.2) is 28.7 Å². The second kappa shape index (κ2) is 7.70. The highest BCUT2D eigenvalue weighted by atomic mass is 16.5. The number of nitrogens with zero attached hydrogens (tertiary/aromatic N) is 1. The Balaban J connectivity index is 1.63. The van der Waals surface area contributed by atoms with E-state index in [1.165, 1.54) is 4.90 Å². The molecule has 2 aromatic rings. The summed E-state index contributed by atoms with van der Waals surface area (Å²) in [6, 6.07) is 15.0. The summed E-state index contributed by atoms with van der Waals surface area (Å²) in [6.45, 7) is 1.05. The summed E-state index contributed by atoms with van der Waals surface area (Å²) in [5, 5.41) is 11.9. The maximum atomic E-state index is 12.0. The fraction of sp³-hybridized carbons (Fsp3) is 0.263. The number of rotatable bonds is 3. The topological polar surface area (TPSA) is 78.9 Å². The molecule has 2 aromatic carbocycles. The highest BCUT2D eigenvalue weighted by Crippen LogP contribution is 2.22. The van der Waals surface area contributed by atoms with Crippen molar-refractivity contribution in [1.82, 2.24) is 4.90 Å². The molecule has 0 aliphatic carbocycles. The van der Waals surface area contributed by atoms with E-state index in [0.717, 1.165) is 29.5 Å². The van der Waals surface area contributed by atoms with Crippen molar-refractivity contribution in [2.75, 3.05) is 11.9 Å². The van der Waals surface area contributed by atoms with E-state index >= 15 is 0 Å². The standard InChI is InChI=1S/C19H20N2O4/c22-18(25-13-14-5-2-1-3-6-14)20-17-9-8-15-7-4-10-21(19(23)24)12-16(15)11-17/h1-3,5-6,8-9,11H,4,7,10,12-13H2,(H,20,22)(H,23,24). The average molecular weight is 340 g/mol. The van der Waals surface area contributed by atoms with Crippen LogP contribution in [0.1, 0.15) is 23.1 Å². The lowest BCUT2D eigenvalue weighted by molar-refractivity contribution is 0.143.